The first-order valence-corrected chi connectivity index (χ1v) is 9.40. The van der Waals surface area contributed by atoms with Crippen LogP contribution in [-0.2, 0) is 10.3 Å². The van der Waals surface area contributed by atoms with Crippen molar-refractivity contribution in [3.63, 3.8) is 0 Å². The maximum Gasteiger partial charge on any atom is 0.0783 e. The zero-order valence-corrected chi connectivity index (χ0v) is 13.8. The predicted octanol–water partition coefficient (Wildman–Crippen LogP) is 3.94. The van der Waals surface area contributed by atoms with Crippen molar-refractivity contribution >= 4 is 11.8 Å². The van der Waals surface area contributed by atoms with E-state index >= 15 is 0 Å². The van der Waals surface area contributed by atoms with Crippen LogP contribution < -0.4 is 5.73 Å². The molecule has 2 fully saturated rings. The van der Waals surface area contributed by atoms with Crippen LogP contribution in [0.5, 0.6) is 0 Å². The molecule has 0 aliphatic carbocycles. The fourth-order valence-corrected chi connectivity index (χ4v) is 5.46. The molecule has 1 aromatic carbocycles. The molecule has 116 valence electrons. The van der Waals surface area contributed by atoms with Crippen LogP contribution in [0.1, 0.15) is 44.6 Å². The van der Waals surface area contributed by atoms with Gasteiger partial charge in [-0.3, -0.25) is 0 Å². The number of ether oxygens (including phenoxy) is 1. The standard InChI is InChI=1S/C18H27NOS/c1-2-9-18(19,15-6-4-3-5-7-15)16-8-11-20-17(13-16)10-12-21-14-17/h3-7,16H,2,8-14,19H2,1H3. The van der Waals surface area contributed by atoms with Crippen molar-refractivity contribution in [2.75, 3.05) is 18.1 Å². The maximum atomic E-state index is 6.99. The molecule has 3 rings (SSSR count). The van der Waals surface area contributed by atoms with E-state index in [1.165, 1.54) is 17.7 Å². The molecule has 0 aromatic heterocycles. The van der Waals surface area contributed by atoms with Crippen molar-refractivity contribution in [1.82, 2.24) is 0 Å². The Kier molecular flexibility index (Phi) is 4.63. The lowest BCUT2D eigenvalue weighted by Crippen LogP contribution is -2.51. The fourth-order valence-electron chi connectivity index (χ4n) is 4.08. The normalized spacial score (nSPS) is 32.2. The van der Waals surface area contributed by atoms with Crippen LogP contribution in [0.3, 0.4) is 0 Å². The number of benzene rings is 1. The molecule has 21 heavy (non-hydrogen) atoms. The lowest BCUT2D eigenvalue weighted by Gasteiger charge is -2.46. The summed E-state index contributed by atoms with van der Waals surface area (Å²) in [6.07, 6.45) is 5.61. The topological polar surface area (TPSA) is 35.2 Å². The molecule has 2 aliphatic heterocycles. The van der Waals surface area contributed by atoms with Gasteiger partial charge in [-0.05, 0) is 42.9 Å². The summed E-state index contributed by atoms with van der Waals surface area (Å²) in [6.45, 7) is 3.12. The first-order valence-electron chi connectivity index (χ1n) is 8.25. The van der Waals surface area contributed by atoms with Crippen molar-refractivity contribution in [3.05, 3.63) is 35.9 Å². The van der Waals surface area contributed by atoms with E-state index in [0.29, 0.717) is 5.92 Å². The number of hydrogen-bond acceptors (Lipinski definition) is 3. The molecule has 3 atom stereocenters. The van der Waals surface area contributed by atoms with Gasteiger partial charge in [0.25, 0.3) is 0 Å². The SMILES string of the molecule is CCCC(N)(c1ccccc1)C1CCOC2(CCSC2)C1. The third-order valence-electron chi connectivity index (χ3n) is 5.26. The maximum absolute atomic E-state index is 6.99. The monoisotopic (exact) mass is 305 g/mol. The molecule has 0 radical (unpaired) electrons. The van der Waals surface area contributed by atoms with Gasteiger partial charge in [-0.25, -0.2) is 0 Å². The van der Waals surface area contributed by atoms with Gasteiger partial charge in [0, 0.05) is 17.9 Å². The van der Waals surface area contributed by atoms with E-state index in [4.69, 9.17) is 10.5 Å². The van der Waals surface area contributed by atoms with Gasteiger partial charge in [-0.2, -0.15) is 11.8 Å². The van der Waals surface area contributed by atoms with Crippen LogP contribution >= 0.6 is 11.8 Å². The molecule has 3 unspecified atom stereocenters. The summed E-state index contributed by atoms with van der Waals surface area (Å²) in [6, 6.07) is 10.7. The molecule has 3 heteroatoms. The summed E-state index contributed by atoms with van der Waals surface area (Å²) in [4.78, 5) is 0. The average molecular weight is 305 g/mol. The van der Waals surface area contributed by atoms with Crippen LogP contribution in [0.2, 0.25) is 0 Å². The third-order valence-corrected chi connectivity index (χ3v) is 6.49. The summed E-state index contributed by atoms with van der Waals surface area (Å²) in [5.41, 5.74) is 8.22. The molecule has 2 N–H and O–H groups in total. The molecule has 2 nitrogen and oxygen atoms in total. The zero-order valence-electron chi connectivity index (χ0n) is 13.0. The van der Waals surface area contributed by atoms with Crippen molar-refractivity contribution in [2.45, 2.75) is 50.2 Å². The summed E-state index contributed by atoms with van der Waals surface area (Å²) in [5.74, 6) is 2.93. The number of nitrogens with two attached hydrogens (primary N) is 1. The number of rotatable bonds is 4. The van der Waals surface area contributed by atoms with E-state index in [9.17, 15) is 0 Å². The first kappa shape index (κ1) is 15.4. The lowest BCUT2D eigenvalue weighted by atomic mass is 9.69. The molecule has 1 spiro atoms. The van der Waals surface area contributed by atoms with E-state index in [2.05, 4.69) is 37.3 Å². The highest BCUT2D eigenvalue weighted by Crippen LogP contribution is 2.46. The Balaban J connectivity index is 1.86. The minimum Gasteiger partial charge on any atom is -0.374 e. The predicted molar refractivity (Wildman–Crippen MR) is 90.6 cm³/mol. The molecule has 0 bridgehead atoms. The van der Waals surface area contributed by atoms with Gasteiger partial charge in [0.1, 0.15) is 0 Å². The average Bonchev–Trinajstić information content (AvgIpc) is 2.96. The quantitative estimate of drug-likeness (QED) is 0.915. The van der Waals surface area contributed by atoms with E-state index in [1.807, 2.05) is 11.8 Å². The van der Waals surface area contributed by atoms with Gasteiger partial charge in [-0.15, -0.1) is 0 Å². The van der Waals surface area contributed by atoms with Gasteiger partial charge in [0.2, 0.25) is 0 Å². The van der Waals surface area contributed by atoms with Crippen LogP contribution in [-0.4, -0.2) is 23.7 Å². The summed E-state index contributed by atoms with van der Waals surface area (Å²) >= 11 is 2.04. The lowest BCUT2D eigenvalue weighted by molar-refractivity contribution is -0.0942. The largest absolute Gasteiger partial charge is 0.374 e. The number of thioether (sulfide) groups is 1. The van der Waals surface area contributed by atoms with Crippen molar-refractivity contribution in [1.29, 1.82) is 0 Å². The van der Waals surface area contributed by atoms with Crippen LogP contribution in [0, 0.1) is 5.92 Å². The zero-order chi connectivity index (χ0) is 14.8. The third kappa shape index (κ3) is 3.01. The molecular weight excluding hydrogens is 278 g/mol. The Hall–Kier alpha value is -0.510. The van der Waals surface area contributed by atoms with Crippen molar-refractivity contribution in [3.8, 4) is 0 Å². The smallest absolute Gasteiger partial charge is 0.0783 e. The van der Waals surface area contributed by atoms with Gasteiger partial charge in [0.05, 0.1) is 5.60 Å². The van der Waals surface area contributed by atoms with Gasteiger partial charge < -0.3 is 10.5 Å². The Morgan fingerprint density at radius 2 is 2.19 bits per heavy atom. The highest BCUT2D eigenvalue weighted by atomic mass is 32.2. The molecule has 0 saturated carbocycles. The van der Waals surface area contributed by atoms with E-state index < -0.39 is 0 Å². The molecule has 0 amide bonds. The summed E-state index contributed by atoms with van der Waals surface area (Å²) in [5, 5.41) is 0. The Morgan fingerprint density at radius 1 is 1.38 bits per heavy atom. The van der Waals surface area contributed by atoms with E-state index in [1.54, 1.807) is 0 Å². The molecule has 2 heterocycles. The second-order valence-electron chi connectivity index (χ2n) is 6.68. The summed E-state index contributed by atoms with van der Waals surface area (Å²) in [7, 11) is 0. The Morgan fingerprint density at radius 3 is 2.86 bits per heavy atom. The fraction of sp³-hybridized carbons (Fsp3) is 0.667. The highest BCUT2D eigenvalue weighted by Gasteiger charge is 2.46. The van der Waals surface area contributed by atoms with Crippen LogP contribution in [0.4, 0.5) is 0 Å². The van der Waals surface area contributed by atoms with E-state index in [0.717, 1.165) is 38.0 Å². The molecule has 1 aromatic rings. The second-order valence-corrected chi connectivity index (χ2v) is 7.79. The first-order chi connectivity index (χ1) is 10.2. The van der Waals surface area contributed by atoms with Crippen LogP contribution in [0.15, 0.2) is 30.3 Å². The molecule has 2 aliphatic rings. The second kappa shape index (κ2) is 6.31. The van der Waals surface area contributed by atoms with Gasteiger partial charge in [-0.1, -0.05) is 43.7 Å². The van der Waals surface area contributed by atoms with Gasteiger partial charge >= 0.3 is 0 Å². The minimum absolute atomic E-state index is 0.112. The van der Waals surface area contributed by atoms with Gasteiger partial charge in [0.15, 0.2) is 0 Å². The van der Waals surface area contributed by atoms with Crippen molar-refractivity contribution < 1.29 is 4.74 Å². The number of hydrogen-bond donors (Lipinski definition) is 1. The summed E-state index contributed by atoms with van der Waals surface area (Å²) < 4.78 is 6.19. The highest BCUT2D eigenvalue weighted by molar-refractivity contribution is 7.99. The minimum atomic E-state index is -0.194. The van der Waals surface area contributed by atoms with Crippen LogP contribution in [0.25, 0.3) is 0 Å². The Labute approximate surface area is 132 Å². The molecular formula is C18H27NOS. The van der Waals surface area contributed by atoms with Crippen molar-refractivity contribution in [2.24, 2.45) is 11.7 Å². The van der Waals surface area contributed by atoms with E-state index in [-0.39, 0.29) is 11.1 Å². The Bertz CT molecular complexity index is 458. The molecule has 2 saturated heterocycles.